The summed E-state index contributed by atoms with van der Waals surface area (Å²) in [5.74, 6) is 1.64. The van der Waals surface area contributed by atoms with Gasteiger partial charge in [0.1, 0.15) is 0 Å². The summed E-state index contributed by atoms with van der Waals surface area (Å²) in [4.78, 5) is 4.33. The highest BCUT2D eigenvalue weighted by Gasteiger charge is 2.39. The molecule has 0 radical (unpaired) electrons. The predicted molar refractivity (Wildman–Crippen MR) is 93.0 cm³/mol. The Morgan fingerprint density at radius 1 is 1.24 bits per heavy atom. The molecule has 4 rings (SSSR count). The van der Waals surface area contributed by atoms with Crippen molar-refractivity contribution in [2.45, 2.75) is 32.2 Å². The lowest BCUT2D eigenvalue weighted by atomic mass is 9.81. The zero-order chi connectivity index (χ0) is 14.4. The van der Waals surface area contributed by atoms with Crippen LogP contribution in [0.4, 0.5) is 0 Å². The van der Waals surface area contributed by atoms with Crippen LogP contribution >= 0.6 is 27.3 Å². The van der Waals surface area contributed by atoms with Crippen molar-refractivity contribution in [1.29, 1.82) is 0 Å². The summed E-state index contributed by atoms with van der Waals surface area (Å²) >= 11 is 5.74. The summed E-state index contributed by atoms with van der Waals surface area (Å²) in [6.07, 6.45) is 2.65. The fraction of sp³-hybridized carbons (Fsp3) is 0.444. The molecule has 21 heavy (non-hydrogen) atoms. The zero-order valence-corrected chi connectivity index (χ0v) is 14.7. The highest BCUT2D eigenvalue weighted by atomic mass is 79.9. The van der Waals surface area contributed by atoms with Crippen molar-refractivity contribution in [2.24, 2.45) is 5.92 Å². The number of hydrogen-bond donors (Lipinski definition) is 0. The van der Waals surface area contributed by atoms with Crippen molar-refractivity contribution < 1.29 is 0 Å². The van der Waals surface area contributed by atoms with Crippen LogP contribution < -0.4 is 0 Å². The Labute approximate surface area is 139 Å². The van der Waals surface area contributed by atoms with Gasteiger partial charge in [0.15, 0.2) is 0 Å². The minimum Gasteiger partial charge on any atom is -0.298 e. The maximum absolute atomic E-state index is 3.75. The van der Waals surface area contributed by atoms with E-state index in [1.165, 1.54) is 40.8 Å². The lowest BCUT2D eigenvalue weighted by molar-refractivity contribution is 0.313. The molecule has 2 heterocycles. The van der Waals surface area contributed by atoms with Gasteiger partial charge < -0.3 is 0 Å². The molecule has 1 aromatic carbocycles. The monoisotopic (exact) mass is 361 g/mol. The van der Waals surface area contributed by atoms with Crippen molar-refractivity contribution in [3.05, 3.63) is 55.7 Å². The lowest BCUT2D eigenvalue weighted by Gasteiger charge is -2.24. The second-order valence-electron chi connectivity index (χ2n) is 6.43. The van der Waals surface area contributed by atoms with E-state index in [2.05, 4.69) is 58.1 Å². The SMILES string of the molecule is Cc1c(Br)sc2c1CCC1CN(Cc3ccccc3)CC21. The van der Waals surface area contributed by atoms with Gasteiger partial charge >= 0.3 is 0 Å². The molecule has 0 spiro atoms. The molecular formula is C18H20BrNS. The van der Waals surface area contributed by atoms with E-state index >= 15 is 0 Å². The van der Waals surface area contributed by atoms with Crippen molar-refractivity contribution >= 4 is 27.3 Å². The third-order valence-corrected chi connectivity index (χ3v) is 7.45. The lowest BCUT2D eigenvalue weighted by Crippen LogP contribution is -2.20. The molecule has 0 amide bonds. The summed E-state index contributed by atoms with van der Waals surface area (Å²) in [6, 6.07) is 10.9. The van der Waals surface area contributed by atoms with E-state index in [-0.39, 0.29) is 0 Å². The smallest absolute Gasteiger partial charge is 0.0733 e. The highest BCUT2D eigenvalue weighted by Crippen LogP contribution is 2.48. The molecule has 0 saturated carbocycles. The summed E-state index contributed by atoms with van der Waals surface area (Å²) in [5, 5.41) is 0. The molecule has 2 aliphatic rings. The van der Waals surface area contributed by atoms with Gasteiger partial charge in [0.2, 0.25) is 0 Å². The Bertz CT molecular complexity index is 649. The number of likely N-dealkylation sites (tertiary alicyclic amines) is 1. The second kappa shape index (κ2) is 5.53. The van der Waals surface area contributed by atoms with Gasteiger partial charge in [0.25, 0.3) is 0 Å². The first-order chi connectivity index (χ1) is 10.2. The molecule has 0 bridgehead atoms. The van der Waals surface area contributed by atoms with E-state index in [0.717, 1.165) is 18.4 Å². The molecular weight excluding hydrogens is 342 g/mol. The summed E-state index contributed by atoms with van der Waals surface area (Å²) in [5.41, 5.74) is 4.59. The van der Waals surface area contributed by atoms with Crippen LogP contribution in [0.5, 0.6) is 0 Å². The number of benzene rings is 1. The van der Waals surface area contributed by atoms with Crippen LogP contribution in [0.15, 0.2) is 34.1 Å². The van der Waals surface area contributed by atoms with Crippen molar-refractivity contribution in [2.75, 3.05) is 13.1 Å². The van der Waals surface area contributed by atoms with Crippen LogP contribution in [0.2, 0.25) is 0 Å². The van der Waals surface area contributed by atoms with Gasteiger partial charge in [-0.1, -0.05) is 30.3 Å². The Morgan fingerprint density at radius 3 is 2.86 bits per heavy atom. The van der Waals surface area contributed by atoms with Crippen LogP contribution in [0.25, 0.3) is 0 Å². The van der Waals surface area contributed by atoms with E-state index in [1.54, 1.807) is 10.4 Å². The van der Waals surface area contributed by atoms with E-state index in [4.69, 9.17) is 0 Å². The molecule has 2 atom stereocenters. The molecule has 1 aromatic heterocycles. The zero-order valence-electron chi connectivity index (χ0n) is 12.3. The number of thiophene rings is 1. The van der Waals surface area contributed by atoms with Gasteiger partial charge in [0, 0.05) is 30.4 Å². The molecule has 1 saturated heterocycles. The molecule has 110 valence electrons. The third-order valence-electron chi connectivity index (χ3n) is 5.11. The summed E-state index contributed by atoms with van der Waals surface area (Å²) in [6.45, 7) is 5.89. The average molecular weight is 362 g/mol. The summed E-state index contributed by atoms with van der Waals surface area (Å²) in [7, 11) is 0. The van der Waals surface area contributed by atoms with Gasteiger partial charge in [0.05, 0.1) is 3.79 Å². The van der Waals surface area contributed by atoms with Gasteiger partial charge in [-0.2, -0.15) is 0 Å². The number of halogens is 1. The number of nitrogens with zero attached hydrogens (tertiary/aromatic N) is 1. The number of hydrogen-bond acceptors (Lipinski definition) is 2. The van der Waals surface area contributed by atoms with E-state index in [1.807, 2.05) is 11.3 Å². The topological polar surface area (TPSA) is 3.24 Å². The van der Waals surface area contributed by atoms with Crippen LogP contribution in [-0.4, -0.2) is 18.0 Å². The fourth-order valence-corrected chi connectivity index (χ4v) is 6.03. The van der Waals surface area contributed by atoms with Gasteiger partial charge in [-0.25, -0.2) is 0 Å². The van der Waals surface area contributed by atoms with Crippen LogP contribution in [-0.2, 0) is 13.0 Å². The Kier molecular flexibility index (Phi) is 3.68. The predicted octanol–water partition coefficient (Wildman–Crippen LogP) is 4.98. The van der Waals surface area contributed by atoms with E-state index < -0.39 is 0 Å². The quantitative estimate of drug-likeness (QED) is 0.728. The largest absolute Gasteiger partial charge is 0.298 e. The Hall–Kier alpha value is -0.640. The number of fused-ring (bicyclic) bond motifs is 3. The van der Waals surface area contributed by atoms with Crippen molar-refractivity contribution in [3.8, 4) is 0 Å². The molecule has 1 aliphatic heterocycles. The van der Waals surface area contributed by atoms with Gasteiger partial charge in [-0.05, 0) is 58.3 Å². The maximum atomic E-state index is 3.75. The van der Waals surface area contributed by atoms with E-state index in [9.17, 15) is 0 Å². The number of rotatable bonds is 2. The molecule has 2 aromatic rings. The second-order valence-corrected chi connectivity index (χ2v) is 8.80. The first-order valence-electron chi connectivity index (χ1n) is 7.76. The minimum absolute atomic E-state index is 0.771. The molecule has 1 nitrogen and oxygen atoms in total. The van der Waals surface area contributed by atoms with Gasteiger partial charge in [-0.15, -0.1) is 11.3 Å². The van der Waals surface area contributed by atoms with E-state index in [0.29, 0.717) is 0 Å². The maximum Gasteiger partial charge on any atom is 0.0733 e. The Balaban J connectivity index is 1.55. The van der Waals surface area contributed by atoms with Crippen molar-refractivity contribution in [1.82, 2.24) is 4.90 Å². The minimum atomic E-state index is 0.771. The highest BCUT2D eigenvalue weighted by molar-refractivity contribution is 9.11. The summed E-state index contributed by atoms with van der Waals surface area (Å²) < 4.78 is 1.36. The average Bonchev–Trinajstić information content (AvgIpc) is 3.02. The third kappa shape index (κ3) is 2.49. The van der Waals surface area contributed by atoms with Gasteiger partial charge in [-0.3, -0.25) is 4.90 Å². The first kappa shape index (κ1) is 14.0. The van der Waals surface area contributed by atoms with Crippen molar-refractivity contribution in [3.63, 3.8) is 0 Å². The molecule has 2 unspecified atom stereocenters. The standard InChI is InChI=1S/C18H20BrNS/c1-12-15-8-7-14-10-20(9-13-5-3-2-4-6-13)11-16(14)17(15)21-18(12)19/h2-6,14,16H,7-11H2,1H3. The molecule has 0 N–H and O–H groups in total. The normalized spacial score (nSPS) is 24.9. The fourth-order valence-electron chi connectivity index (χ4n) is 4.00. The molecule has 3 heteroatoms. The van der Waals surface area contributed by atoms with Crippen LogP contribution in [0, 0.1) is 12.8 Å². The van der Waals surface area contributed by atoms with Crippen LogP contribution in [0.1, 0.15) is 33.9 Å². The first-order valence-corrected chi connectivity index (χ1v) is 9.37. The van der Waals surface area contributed by atoms with Crippen LogP contribution in [0.3, 0.4) is 0 Å². The Morgan fingerprint density at radius 2 is 2.05 bits per heavy atom. The molecule has 1 fully saturated rings. The molecule has 1 aliphatic carbocycles.